The largest absolute Gasteiger partial charge is 0.348 e. The molecule has 0 bridgehead atoms. The molecule has 2 rings (SSSR count). The third-order valence-corrected chi connectivity index (χ3v) is 6.14. The Labute approximate surface area is 168 Å². The van der Waals surface area contributed by atoms with Crippen LogP contribution in [0.1, 0.15) is 56.5 Å². The number of sulfonamides is 1. The highest BCUT2D eigenvalue weighted by Crippen LogP contribution is 2.26. The second kappa shape index (κ2) is 8.45. The molecule has 0 saturated heterocycles. The second-order valence-electron chi connectivity index (χ2n) is 8.19. The van der Waals surface area contributed by atoms with Gasteiger partial charge in [0.1, 0.15) is 6.04 Å². The Morgan fingerprint density at radius 1 is 0.964 bits per heavy atom. The SMILES string of the molecule is CC(NC(=O)C(c1ccccc1)N(C)S(C)(=O)=O)c1ccc(C(C)(C)C)cc1. The zero-order chi connectivity index (χ0) is 21.1. The highest BCUT2D eigenvalue weighted by atomic mass is 32.2. The third kappa shape index (κ3) is 5.42. The summed E-state index contributed by atoms with van der Waals surface area (Å²) in [5.74, 6) is -0.355. The topological polar surface area (TPSA) is 66.5 Å². The Morgan fingerprint density at radius 2 is 1.50 bits per heavy atom. The van der Waals surface area contributed by atoms with E-state index in [0.29, 0.717) is 5.56 Å². The summed E-state index contributed by atoms with van der Waals surface area (Å²) in [5, 5.41) is 2.96. The normalized spacial score (nSPS) is 14.5. The minimum Gasteiger partial charge on any atom is -0.348 e. The summed E-state index contributed by atoms with van der Waals surface area (Å²) in [6.45, 7) is 8.35. The smallest absolute Gasteiger partial charge is 0.243 e. The molecule has 0 heterocycles. The van der Waals surface area contributed by atoms with E-state index in [1.165, 1.54) is 12.6 Å². The van der Waals surface area contributed by atoms with Gasteiger partial charge < -0.3 is 5.32 Å². The van der Waals surface area contributed by atoms with Crippen molar-refractivity contribution in [3.05, 3.63) is 71.3 Å². The van der Waals surface area contributed by atoms with E-state index >= 15 is 0 Å². The van der Waals surface area contributed by atoms with Crippen LogP contribution in [-0.2, 0) is 20.2 Å². The fourth-order valence-corrected chi connectivity index (χ4v) is 3.60. The minimum absolute atomic E-state index is 0.0572. The molecule has 1 amide bonds. The number of amides is 1. The molecule has 152 valence electrons. The molecule has 0 aliphatic heterocycles. The monoisotopic (exact) mass is 402 g/mol. The predicted molar refractivity (Wildman–Crippen MR) is 113 cm³/mol. The van der Waals surface area contributed by atoms with Gasteiger partial charge in [-0.1, -0.05) is 75.4 Å². The molecule has 2 atom stereocenters. The number of hydrogen-bond donors (Lipinski definition) is 1. The lowest BCUT2D eigenvalue weighted by atomic mass is 9.86. The fourth-order valence-electron chi connectivity index (χ4n) is 3.00. The van der Waals surface area contributed by atoms with Gasteiger partial charge in [-0.05, 0) is 29.0 Å². The standard InChI is InChI=1S/C22H30N2O3S/c1-16(17-12-14-19(15-13-17)22(2,3)4)23-21(25)20(24(5)28(6,26)27)18-10-8-7-9-11-18/h7-16,20H,1-6H3,(H,23,25). The van der Waals surface area contributed by atoms with Crippen molar-refractivity contribution in [3.8, 4) is 0 Å². The van der Waals surface area contributed by atoms with Gasteiger partial charge in [-0.3, -0.25) is 4.79 Å². The summed E-state index contributed by atoms with van der Waals surface area (Å²) >= 11 is 0. The number of carbonyl (C=O) groups is 1. The second-order valence-corrected chi connectivity index (χ2v) is 10.2. The van der Waals surface area contributed by atoms with Crippen LogP contribution in [-0.4, -0.2) is 31.9 Å². The van der Waals surface area contributed by atoms with E-state index < -0.39 is 16.1 Å². The summed E-state index contributed by atoms with van der Waals surface area (Å²) in [6.07, 6.45) is 1.10. The van der Waals surface area contributed by atoms with Crippen LogP contribution in [0.25, 0.3) is 0 Å². The summed E-state index contributed by atoms with van der Waals surface area (Å²) in [5.41, 5.74) is 2.87. The van der Waals surface area contributed by atoms with Gasteiger partial charge >= 0.3 is 0 Å². The molecule has 0 spiro atoms. The molecule has 0 aromatic heterocycles. The van der Waals surface area contributed by atoms with E-state index in [9.17, 15) is 13.2 Å². The number of carbonyl (C=O) groups excluding carboxylic acids is 1. The van der Waals surface area contributed by atoms with Gasteiger partial charge in [-0.2, -0.15) is 4.31 Å². The van der Waals surface area contributed by atoms with Crippen molar-refractivity contribution in [2.75, 3.05) is 13.3 Å². The highest BCUT2D eigenvalue weighted by Gasteiger charge is 2.31. The van der Waals surface area contributed by atoms with E-state index in [-0.39, 0.29) is 17.4 Å². The molecule has 0 fully saturated rings. The maximum atomic E-state index is 13.0. The van der Waals surface area contributed by atoms with Crippen LogP contribution in [0.15, 0.2) is 54.6 Å². The molecule has 5 nitrogen and oxygen atoms in total. The van der Waals surface area contributed by atoms with Crippen LogP contribution in [0.5, 0.6) is 0 Å². The molecule has 0 radical (unpaired) electrons. The van der Waals surface area contributed by atoms with Gasteiger partial charge in [-0.15, -0.1) is 0 Å². The molecule has 2 unspecified atom stereocenters. The van der Waals surface area contributed by atoms with Crippen LogP contribution < -0.4 is 5.32 Å². The van der Waals surface area contributed by atoms with Gasteiger partial charge in [-0.25, -0.2) is 8.42 Å². The first kappa shape index (κ1) is 22.1. The highest BCUT2D eigenvalue weighted by molar-refractivity contribution is 7.88. The first-order valence-corrected chi connectivity index (χ1v) is 11.1. The Kier molecular flexibility index (Phi) is 6.67. The quantitative estimate of drug-likeness (QED) is 0.799. The number of likely N-dealkylation sites (N-methyl/N-ethyl adjacent to an activating group) is 1. The Morgan fingerprint density at radius 3 is 1.96 bits per heavy atom. The Balaban J connectivity index is 2.25. The van der Waals surface area contributed by atoms with Crippen molar-refractivity contribution in [2.24, 2.45) is 0 Å². The van der Waals surface area contributed by atoms with E-state index in [1.54, 1.807) is 24.3 Å². The van der Waals surface area contributed by atoms with E-state index in [1.807, 2.05) is 25.1 Å². The molecular formula is C22H30N2O3S. The number of benzene rings is 2. The Bertz CT molecular complexity index is 901. The molecule has 2 aromatic carbocycles. The van der Waals surface area contributed by atoms with Gasteiger partial charge in [0.2, 0.25) is 15.9 Å². The van der Waals surface area contributed by atoms with Crippen molar-refractivity contribution in [1.29, 1.82) is 0 Å². The maximum Gasteiger partial charge on any atom is 0.243 e. The van der Waals surface area contributed by atoms with Crippen LogP contribution in [0.3, 0.4) is 0 Å². The summed E-state index contributed by atoms with van der Waals surface area (Å²) in [6, 6.07) is 15.9. The number of hydrogen-bond acceptors (Lipinski definition) is 3. The van der Waals surface area contributed by atoms with Crippen molar-refractivity contribution in [1.82, 2.24) is 9.62 Å². The van der Waals surface area contributed by atoms with Crippen molar-refractivity contribution < 1.29 is 13.2 Å². The lowest BCUT2D eigenvalue weighted by Gasteiger charge is -2.27. The molecule has 6 heteroatoms. The lowest BCUT2D eigenvalue weighted by Crippen LogP contribution is -2.42. The first-order valence-electron chi connectivity index (χ1n) is 9.30. The lowest BCUT2D eigenvalue weighted by molar-refractivity contribution is -0.125. The third-order valence-electron chi connectivity index (χ3n) is 4.89. The summed E-state index contributed by atoms with van der Waals surface area (Å²) < 4.78 is 25.3. The van der Waals surface area contributed by atoms with Gasteiger partial charge in [0.05, 0.1) is 12.3 Å². The minimum atomic E-state index is -3.55. The molecule has 2 aromatic rings. The zero-order valence-electron chi connectivity index (χ0n) is 17.4. The average Bonchev–Trinajstić information content (AvgIpc) is 2.61. The van der Waals surface area contributed by atoms with Crippen LogP contribution >= 0.6 is 0 Å². The van der Waals surface area contributed by atoms with Crippen molar-refractivity contribution in [2.45, 2.75) is 45.2 Å². The van der Waals surface area contributed by atoms with Gasteiger partial charge in [0, 0.05) is 7.05 Å². The van der Waals surface area contributed by atoms with Crippen LogP contribution in [0.2, 0.25) is 0 Å². The maximum absolute atomic E-state index is 13.0. The molecule has 28 heavy (non-hydrogen) atoms. The zero-order valence-corrected chi connectivity index (χ0v) is 18.2. The van der Waals surface area contributed by atoms with Crippen molar-refractivity contribution >= 4 is 15.9 Å². The number of nitrogens with one attached hydrogen (secondary N) is 1. The number of rotatable bonds is 6. The van der Waals surface area contributed by atoms with E-state index in [2.05, 4.69) is 38.2 Å². The van der Waals surface area contributed by atoms with Crippen LogP contribution in [0, 0.1) is 0 Å². The Hall–Kier alpha value is -2.18. The fraction of sp³-hybridized carbons (Fsp3) is 0.409. The number of nitrogens with zero attached hydrogens (tertiary/aromatic N) is 1. The molecule has 0 aliphatic rings. The first-order chi connectivity index (χ1) is 12.9. The molecule has 0 saturated carbocycles. The van der Waals surface area contributed by atoms with Gasteiger partial charge in [0.15, 0.2) is 0 Å². The summed E-state index contributed by atoms with van der Waals surface area (Å²) in [7, 11) is -2.12. The average molecular weight is 403 g/mol. The molecular weight excluding hydrogens is 372 g/mol. The van der Waals surface area contributed by atoms with E-state index in [0.717, 1.165) is 16.1 Å². The van der Waals surface area contributed by atoms with Crippen molar-refractivity contribution in [3.63, 3.8) is 0 Å². The van der Waals surface area contributed by atoms with E-state index in [4.69, 9.17) is 0 Å². The van der Waals surface area contributed by atoms with Gasteiger partial charge in [0.25, 0.3) is 0 Å². The molecule has 0 aliphatic carbocycles. The van der Waals surface area contributed by atoms with Crippen LogP contribution in [0.4, 0.5) is 0 Å². The summed E-state index contributed by atoms with van der Waals surface area (Å²) in [4.78, 5) is 13.0. The molecule has 1 N–H and O–H groups in total. The predicted octanol–water partition coefficient (Wildman–Crippen LogP) is 3.79.